The van der Waals surface area contributed by atoms with E-state index in [1.165, 1.54) is 0 Å². The van der Waals surface area contributed by atoms with E-state index in [0.29, 0.717) is 23.2 Å². The van der Waals surface area contributed by atoms with Crippen molar-refractivity contribution in [1.29, 1.82) is 0 Å². The van der Waals surface area contributed by atoms with Gasteiger partial charge in [0.05, 0.1) is 10.5 Å². The van der Waals surface area contributed by atoms with E-state index in [4.69, 9.17) is 11.6 Å². The minimum Gasteiger partial charge on any atom is -0.337 e. The molecule has 1 aromatic carbocycles. The number of carbonyl (C=O) groups is 1. The lowest BCUT2D eigenvalue weighted by Gasteiger charge is -2.24. The summed E-state index contributed by atoms with van der Waals surface area (Å²) in [5, 5.41) is 1.45. The normalized spacial score (nSPS) is 12.4. The Morgan fingerprint density at radius 2 is 2.05 bits per heavy atom. The maximum Gasteiger partial charge on any atom is 0.272 e. The van der Waals surface area contributed by atoms with E-state index in [1.54, 1.807) is 6.07 Å². The molecule has 0 aliphatic rings. The summed E-state index contributed by atoms with van der Waals surface area (Å²) < 4.78 is 0. The Hall–Kier alpha value is -1.61. The van der Waals surface area contributed by atoms with Gasteiger partial charge in [0.1, 0.15) is 5.69 Å². The summed E-state index contributed by atoms with van der Waals surface area (Å²) >= 11 is 6.28. The summed E-state index contributed by atoms with van der Waals surface area (Å²) in [4.78, 5) is 18.9. The van der Waals surface area contributed by atoms with Crippen molar-refractivity contribution in [3.05, 3.63) is 41.0 Å². The third-order valence-electron chi connectivity index (χ3n) is 3.78. The molecule has 1 heterocycles. The van der Waals surface area contributed by atoms with Gasteiger partial charge in [0, 0.05) is 18.5 Å². The average molecular weight is 305 g/mol. The van der Waals surface area contributed by atoms with E-state index in [0.717, 1.165) is 23.9 Å². The van der Waals surface area contributed by atoms with Gasteiger partial charge in [-0.15, -0.1) is 0 Å². The molecule has 0 aliphatic heterocycles. The number of amides is 1. The van der Waals surface area contributed by atoms with Crippen molar-refractivity contribution in [3.63, 3.8) is 0 Å². The minimum absolute atomic E-state index is 0.0505. The van der Waals surface area contributed by atoms with Gasteiger partial charge in [-0.2, -0.15) is 0 Å². The second kappa shape index (κ2) is 6.90. The molecule has 1 unspecified atom stereocenters. The zero-order chi connectivity index (χ0) is 15.4. The molecular formula is C17H21ClN2O. The van der Waals surface area contributed by atoms with Crippen LogP contribution in [0.25, 0.3) is 10.9 Å². The van der Waals surface area contributed by atoms with Crippen molar-refractivity contribution in [1.82, 2.24) is 9.88 Å². The highest BCUT2D eigenvalue weighted by Crippen LogP contribution is 2.23. The van der Waals surface area contributed by atoms with Gasteiger partial charge in [0.15, 0.2) is 0 Å². The summed E-state index contributed by atoms with van der Waals surface area (Å²) in [7, 11) is 0. The Balaban J connectivity index is 2.33. The second-order valence-corrected chi connectivity index (χ2v) is 5.77. The van der Waals surface area contributed by atoms with E-state index in [9.17, 15) is 4.79 Å². The molecule has 2 aromatic rings. The molecule has 3 nitrogen and oxygen atoms in total. The Morgan fingerprint density at radius 3 is 2.71 bits per heavy atom. The van der Waals surface area contributed by atoms with Crippen molar-refractivity contribution in [2.75, 3.05) is 13.1 Å². The van der Waals surface area contributed by atoms with Crippen molar-refractivity contribution in [3.8, 4) is 0 Å². The lowest BCUT2D eigenvalue weighted by atomic mass is 10.1. The first-order valence-electron chi connectivity index (χ1n) is 7.41. The van der Waals surface area contributed by atoms with Gasteiger partial charge in [-0.25, -0.2) is 4.98 Å². The third kappa shape index (κ3) is 3.53. The predicted molar refractivity (Wildman–Crippen MR) is 87.8 cm³/mol. The first kappa shape index (κ1) is 15.8. The van der Waals surface area contributed by atoms with Crippen LogP contribution in [-0.2, 0) is 0 Å². The number of hydrogen-bond donors (Lipinski definition) is 0. The molecule has 0 spiro atoms. The van der Waals surface area contributed by atoms with Crippen LogP contribution in [0.4, 0.5) is 0 Å². The number of halogens is 1. The quantitative estimate of drug-likeness (QED) is 0.820. The van der Waals surface area contributed by atoms with Crippen LogP contribution in [0.2, 0.25) is 5.02 Å². The smallest absolute Gasteiger partial charge is 0.272 e. The molecule has 0 fully saturated rings. The zero-order valence-corrected chi connectivity index (χ0v) is 13.5. The lowest BCUT2D eigenvalue weighted by molar-refractivity contribution is 0.0735. The summed E-state index contributed by atoms with van der Waals surface area (Å²) in [6, 6.07) is 9.28. The highest BCUT2D eigenvalue weighted by Gasteiger charge is 2.18. The molecule has 0 N–H and O–H groups in total. The molecule has 112 valence electrons. The SMILES string of the molecule is CCC(C)CN(CC)C(=O)c1cc(Cl)c2ccccc2n1. The Bertz CT molecular complexity index is 642. The first-order valence-corrected chi connectivity index (χ1v) is 7.79. The topological polar surface area (TPSA) is 33.2 Å². The van der Waals surface area contributed by atoms with Crippen molar-refractivity contribution in [2.45, 2.75) is 27.2 Å². The fourth-order valence-corrected chi connectivity index (χ4v) is 2.53. The summed E-state index contributed by atoms with van der Waals surface area (Å²) in [6.07, 6.45) is 1.05. The number of para-hydroxylation sites is 1. The highest BCUT2D eigenvalue weighted by atomic mass is 35.5. The number of carbonyl (C=O) groups excluding carboxylic acids is 1. The van der Waals surface area contributed by atoms with Crippen molar-refractivity contribution in [2.24, 2.45) is 5.92 Å². The second-order valence-electron chi connectivity index (χ2n) is 5.36. The largest absolute Gasteiger partial charge is 0.337 e. The molecule has 0 radical (unpaired) electrons. The van der Waals surface area contributed by atoms with Crippen LogP contribution >= 0.6 is 11.6 Å². The van der Waals surface area contributed by atoms with Gasteiger partial charge in [-0.1, -0.05) is 50.1 Å². The first-order chi connectivity index (χ1) is 10.1. The van der Waals surface area contributed by atoms with Crippen LogP contribution in [-0.4, -0.2) is 28.9 Å². The predicted octanol–water partition coefficient (Wildman–Crippen LogP) is 4.40. The lowest BCUT2D eigenvalue weighted by Crippen LogP contribution is -2.35. The molecule has 0 bridgehead atoms. The molecule has 21 heavy (non-hydrogen) atoms. The van der Waals surface area contributed by atoms with Gasteiger partial charge in [0.2, 0.25) is 0 Å². The zero-order valence-electron chi connectivity index (χ0n) is 12.8. The fraction of sp³-hybridized carbons (Fsp3) is 0.412. The molecule has 1 atom stereocenters. The summed E-state index contributed by atoms with van der Waals surface area (Å²) in [6.45, 7) is 7.70. The van der Waals surface area contributed by atoms with E-state index < -0.39 is 0 Å². The average Bonchev–Trinajstić information content (AvgIpc) is 2.51. The number of hydrogen-bond acceptors (Lipinski definition) is 2. The summed E-state index contributed by atoms with van der Waals surface area (Å²) in [5.41, 5.74) is 1.18. The molecule has 0 aliphatic carbocycles. The third-order valence-corrected chi connectivity index (χ3v) is 4.10. The standard InChI is InChI=1S/C17H21ClN2O/c1-4-12(3)11-20(5-2)17(21)16-10-14(18)13-8-6-7-9-15(13)19-16/h6-10,12H,4-5,11H2,1-3H3. The number of nitrogens with zero attached hydrogens (tertiary/aromatic N) is 2. The van der Waals surface area contributed by atoms with Gasteiger partial charge in [0.25, 0.3) is 5.91 Å². The van der Waals surface area contributed by atoms with Crippen LogP contribution in [0, 0.1) is 5.92 Å². The molecule has 2 rings (SSSR count). The van der Waals surface area contributed by atoms with Crippen LogP contribution in [0.15, 0.2) is 30.3 Å². The Morgan fingerprint density at radius 1 is 1.33 bits per heavy atom. The molecule has 1 amide bonds. The van der Waals surface area contributed by atoms with Crippen molar-refractivity contribution < 1.29 is 4.79 Å². The van der Waals surface area contributed by atoms with E-state index in [2.05, 4.69) is 18.8 Å². The molecule has 0 saturated heterocycles. The Kier molecular flexibility index (Phi) is 5.18. The maximum atomic E-state index is 12.6. The number of pyridine rings is 1. The van der Waals surface area contributed by atoms with E-state index in [1.807, 2.05) is 36.1 Å². The van der Waals surface area contributed by atoms with Crippen LogP contribution in [0.5, 0.6) is 0 Å². The number of fused-ring (bicyclic) bond motifs is 1. The number of benzene rings is 1. The van der Waals surface area contributed by atoms with Crippen molar-refractivity contribution >= 4 is 28.4 Å². The van der Waals surface area contributed by atoms with Crippen LogP contribution in [0.1, 0.15) is 37.7 Å². The maximum absolute atomic E-state index is 12.6. The molecule has 4 heteroatoms. The Labute approximate surface area is 130 Å². The van der Waals surface area contributed by atoms with Crippen LogP contribution < -0.4 is 0 Å². The molecule has 1 aromatic heterocycles. The van der Waals surface area contributed by atoms with Gasteiger partial charge < -0.3 is 4.90 Å². The number of rotatable bonds is 5. The van der Waals surface area contributed by atoms with Gasteiger partial charge >= 0.3 is 0 Å². The van der Waals surface area contributed by atoms with Gasteiger partial charge in [-0.05, 0) is 25.0 Å². The van der Waals surface area contributed by atoms with Gasteiger partial charge in [-0.3, -0.25) is 4.79 Å². The fourth-order valence-electron chi connectivity index (χ4n) is 2.27. The number of aromatic nitrogens is 1. The molecular weight excluding hydrogens is 284 g/mol. The monoisotopic (exact) mass is 304 g/mol. The highest BCUT2D eigenvalue weighted by molar-refractivity contribution is 6.35. The molecule has 0 saturated carbocycles. The summed E-state index contributed by atoms with van der Waals surface area (Å²) in [5.74, 6) is 0.426. The van der Waals surface area contributed by atoms with Crippen LogP contribution in [0.3, 0.4) is 0 Å². The van der Waals surface area contributed by atoms with E-state index in [-0.39, 0.29) is 5.91 Å². The minimum atomic E-state index is -0.0505. The van der Waals surface area contributed by atoms with E-state index >= 15 is 0 Å².